The van der Waals surface area contributed by atoms with E-state index < -0.39 is 0 Å². The standard InChI is InChI=1S/C12H20ClN5O2/c1-18(2)6-8-20-7-5-15-12(19)11-9(13)3-4-10(16-11)17-14/h3-4H,5-8,14H2,1-2H3,(H,15,19)(H,16,17). The molecule has 0 atom stereocenters. The van der Waals surface area contributed by atoms with Crippen LogP contribution < -0.4 is 16.6 Å². The highest BCUT2D eigenvalue weighted by Crippen LogP contribution is 2.15. The number of hydrazine groups is 1. The van der Waals surface area contributed by atoms with Gasteiger partial charge in [-0.3, -0.25) is 4.79 Å². The van der Waals surface area contributed by atoms with Crippen molar-refractivity contribution in [3.63, 3.8) is 0 Å². The molecule has 0 aliphatic carbocycles. The van der Waals surface area contributed by atoms with Crippen LogP contribution >= 0.6 is 11.6 Å². The number of nitrogen functional groups attached to an aromatic ring is 1. The second kappa shape index (κ2) is 8.70. The third kappa shape index (κ3) is 5.70. The number of carbonyl (C=O) groups excluding carboxylic acids is 1. The first-order valence-electron chi connectivity index (χ1n) is 6.18. The average Bonchev–Trinajstić information content (AvgIpc) is 2.42. The van der Waals surface area contributed by atoms with E-state index in [0.29, 0.717) is 25.6 Å². The molecule has 8 heteroatoms. The predicted octanol–water partition coefficient (Wildman–Crippen LogP) is 0.329. The topological polar surface area (TPSA) is 92.5 Å². The van der Waals surface area contributed by atoms with Gasteiger partial charge < -0.3 is 20.4 Å². The summed E-state index contributed by atoms with van der Waals surface area (Å²) < 4.78 is 5.36. The van der Waals surface area contributed by atoms with Gasteiger partial charge in [0.2, 0.25) is 0 Å². The summed E-state index contributed by atoms with van der Waals surface area (Å²) in [5.41, 5.74) is 2.50. The van der Waals surface area contributed by atoms with Gasteiger partial charge in [0.1, 0.15) is 11.5 Å². The Kier molecular flexibility index (Phi) is 7.24. The fourth-order valence-electron chi connectivity index (χ4n) is 1.35. The molecule has 1 aromatic rings. The van der Waals surface area contributed by atoms with Crippen LogP contribution in [0.2, 0.25) is 5.02 Å². The van der Waals surface area contributed by atoms with E-state index >= 15 is 0 Å². The Morgan fingerprint density at radius 2 is 2.20 bits per heavy atom. The molecule has 1 rings (SSSR count). The number of rotatable bonds is 8. The van der Waals surface area contributed by atoms with E-state index in [9.17, 15) is 4.79 Å². The third-order valence-electron chi connectivity index (χ3n) is 2.42. The smallest absolute Gasteiger partial charge is 0.271 e. The highest BCUT2D eigenvalue weighted by atomic mass is 35.5. The summed E-state index contributed by atoms with van der Waals surface area (Å²) in [7, 11) is 3.94. The maximum Gasteiger partial charge on any atom is 0.271 e. The van der Waals surface area contributed by atoms with Crippen LogP contribution in [0.1, 0.15) is 10.5 Å². The lowest BCUT2D eigenvalue weighted by molar-refractivity contribution is 0.0896. The van der Waals surface area contributed by atoms with Crippen LogP contribution in [0, 0.1) is 0 Å². The first-order valence-corrected chi connectivity index (χ1v) is 6.56. The third-order valence-corrected chi connectivity index (χ3v) is 2.73. The van der Waals surface area contributed by atoms with E-state index in [1.54, 1.807) is 12.1 Å². The first kappa shape index (κ1) is 16.6. The van der Waals surface area contributed by atoms with Crippen molar-refractivity contribution < 1.29 is 9.53 Å². The number of carbonyl (C=O) groups is 1. The van der Waals surface area contributed by atoms with Gasteiger partial charge >= 0.3 is 0 Å². The Labute approximate surface area is 123 Å². The lowest BCUT2D eigenvalue weighted by Gasteiger charge is -2.10. The fraction of sp³-hybridized carbons (Fsp3) is 0.500. The number of halogens is 1. The maximum absolute atomic E-state index is 11.9. The maximum atomic E-state index is 11.9. The molecule has 0 radical (unpaired) electrons. The number of aromatic nitrogens is 1. The van der Waals surface area contributed by atoms with Crippen LogP contribution in [0.4, 0.5) is 5.82 Å². The monoisotopic (exact) mass is 301 g/mol. The minimum atomic E-state index is -0.358. The lowest BCUT2D eigenvalue weighted by Crippen LogP contribution is -2.29. The van der Waals surface area contributed by atoms with E-state index in [1.165, 1.54) is 0 Å². The number of nitrogens with two attached hydrogens (primary N) is 1. The van der Waals surface area contributed by atoms with Gasteiger partial charge in [0.05, 0.1) is 18.2 Å². The van der Waals surface area contributed by atoms with Crippen molar-refractivity contribution in [2.24, 2.45) is 5.84 Å². The van der Waals surface area contributed by atoms with Crippen LogP contribution in [-0.4, -0.2) is 56.2 Å². The van der Waals surface area contributed by atoms with Crippen molar-refractivity contribution in [2.45, 2.75) is 0 Å². The fourth-order valence-corrected chi connectivity index (χ4v) is 1.54. The summed E-state index contributed by atoms with van der Waals surface area (Å²) in [5, 5.41) is 2.96. The summed E-state index contributed by atoms with van der Waals surface area (Å²) >= 11 is 5.92. The molecule has 0 saturated heterocycles. The van der Waals surface area contributed by atoms with Crippen LogP contribution in [0.5, 0.6) is 0 Å². The van der Waals surface area contributed by atoms with Crippen molar-refractivity contribution >= 4 is 23.3 Å². The molecule has 0 aromatic carbocycles. The Morgan fingerprint density at radius 3 is 2.85 bits per heavy atom. The molecule has 0 unspecified atom stereocenters. The average molecular weight is 302 g/mol. The van der Waals surface area contributed by atoms with E-state index in [-0.39, 0.29) is 16.6 Å². The number of amides is 1. The second-order valence-electron chi connectivity index (χ2n) is 4.34. The van der Waals surface area contributed by atoms with Gasteiger partial charge in [-0.1, -0.05) is 11.6 Å². The second-order valence-corrected chi connectivity index (χ2v) is 4.75. The number of nitrogens with zero attached hydrogens (tertiary/aromatic N) is 2. The van der Waals surface area contributed by atoms with Crippen molar-refractivity contribution in [3.05, 3.63) is 22.8 Å². The molecule has 1 heterocycles. The number of nitrogens with one attached hydrogen (secondary N) is 2. The van der Waals surface area contributed by atoms with Crippen LogP contribution in [0.15, 0.2) is 12.1 Å². The van der Waals surface area contributed by atoms with Gasteiger partial charge in [0.25, 0.3) is 5.91 Å². The molecule has 0 bridgehead atoms. The molecule has 0 spiro atoms. The summed E-state index contributed by atoms with van der Waals surface area (Å²) in [5.74, 6) is 5.26. The number of hydrogen-bond acceptors (Lipinski definition) is 6. The summed E-state index contributed by atoms with van der Waals surface area (Å²) in [6.07, 6.45) is 0. The van der Waals surface area contributed by atoms with Gasteiger partial charge in [-0.25, -0.2) is 10.8 Å². The quantitative estimate of drug-likeness (QED) is 0.364. The predicted molar refractivity (Wildman–Crippen MR) is 78.8 cm³/mol. The molecule has 0 saturated carbocycles. The largest absolute Gasteiger partial charge is 0.378 e. The molecule has 112 valence electrons. The number of anilines is 1. The highest BCUT2D eigenvalue weighted by molar-refractivity contribution is 6.33. The zero-order chi connectivity index (χ0) is 15.0. The first-order chi connectivity index (χ1) is 9.54. The van der Waals surface area contributed by atoms with E-state index in [2.05, 4.69) is 15.7 Å². The van der Waals surface area contributed by atoms with Gasteiger partial charge in [-0.15, -0.1) is 0 Å². The zero-order valence-corrected chi connectivity index (χ0v) is 12.4. The van der Waals surface area contributed by atoms with Crippen LogP contribution in [-0.2, 0) is 4.74 Å². The lowest BCUT2D eigenvalue weighted by atomic mass is 10.3. The minimum Gasteiger partial charge on any atom is -0.378 e. The summed E-state index contributed by atoms with van der Waals surface area (Å²) in [4.78, 5) is 17.9. The van der Waals surface area contributed by atoms with E-state index in [0.717, 1.165) is 6.54 Å². The van der Waals surface area contributed by atoms with Crippen molar-refractivity contribution in [3.8, 4) is 0 Å². The number of likely N-dealkylation sites (N-methyl/N-ethyl adjacent to an activating group) is 1. The highest BCUT2D eigenvalue weighted by Gasteiger charge is 2.12. The van der Waals surface area contributed by atoms with Crippen molar-refractivity contribution in [2.75, 3.05) is 45.8 Å². The molecule has 1 amide bonds. The molecular formula is C12H20ClN5O2. The van der Waals surface area contributed by atoms with Gasteiger partial charge in [-0.2, -0.15) is 0 Å². The molecule has 20 heavy (non-hydrogen) atoms. The normalized spacial score (nSPS) is 10.7. The van der Waals surface area contributed by atoms with Crippen molar-refractivity contribution in [1.29, 1.82) is 0 Å². The summed E-state index contributed by atoms with van der Waals surface area (Å²) in [6, 6.07) is 3.15. The van der Waals surface area contributed by atoms with Crippen LogP contribution in [0.3, 0.4) is 0 Å². The SMILES string of the molecule is CN(C)CCOCCNC(=O)c1nc(NN)ccc1Cl. The molecule has 4 N–H and O–H groups in total. The Hall–Kier alpha value is -1.41. The molecule has 0 aliphatic heterocycles. The van der Waals surface area contributed by atoms with Gasteiger partial charge in [0.15, 0.2) is 0 Å². The Bertz CT molecular complexity index is 442. The molecule has 0 aliphatic rings. The van der Waals surface area contributed by atoms with Crippen LogP contribution in [0.25, 0.3) is 0 Å². The van der Waals surface area contributed by atoms with Gasteiger partial charge in [-0.05, 0) is 26.2 Å². The minimum absolute atomic E-state index is 0.135. The summed E-state index contributed by atoms with van der Waals surface area (Å²) in [6.45, 7) is 2.29. The Morgan fingerprint density at radius 1 is 1.45 bits per heavy atom. The zero-order valence-electron chi connectivity index (χ0n) is 11.6. The van der Waals surface area contributed by atoms with Crippen molar-refractivity contribution in [1.82, 2.24) is 15.2 Å². The van der Waals surface area contributed by atoms with E-state index in [4.69, 9.17) is 22.2 Å². The van der Waals surface area contributed by atoms with Gasteiger partial charge in [0, 0.05) is 13.1 Å². The number of ether oxygens (including phenoxy) is 1. The molecule has 1 aromatic heterocycles. The molecule has 0 fully saturated rings. The number of hydrogen-bond donors (Lipinski definition) is 3. The Balaban J connectivity index is 2.36. The molecular weight excluding hydrogens is 282 g/mol. The number of pyridine rings is 1. The molecule has 7 nitrogen and oxygen atoms in total. The van der Waals surface area contributed by atoms with E-state index in [1.807, 2.05) is 19.0 Å².